The van der Waals surface area contributed by atoms with Crippen LogP contribution in [0.15, 0.2) is 52.3 Å². The van der Waals surface area contributed by atoms with Gasteiger partial charge in [-0.05, 0) is 51.6 Å². The zero-order valence-corrected chi connectivity index (χ0v) is 14.6. The van der Waals surface area contributed by atoms with Gasteiger partial charge in [-0.25, -0.2) is 4.39 Å². The van der Waals surface area contributed by atoms with E-state index in [4.69, 9.17) is 11.6 Å². The molecule has 0 fully saturated rings. The Morgan fingerprint density at radius 3 is 2.57 bits per heavy atom. The van der Waals surface area contributed by atoms with E-state index in [1.807, 2.05) is 35.7 Å². The van der Waals surface area contributed by atoms with Crippen LogP contribution in [0.5, 0.6) is 0 Å². The fourth-order valence-corrected chi connectivity index (χ4v) is 4.46. The number of anilines is 1. The fourth-order valence-electron chi connectivity index (χ4n) is 2.00. The summed E-state index contributed by atoms with van der Waals surface area (Å²) >= 11 is 12.6. The summed E-state index contributed by atoms with van der Waals surface area (Å²) in [7, 11) is 0. The molecule has 108 valence electrons. The van der Waals surface area contributed by atoms with Crippen LogP contribution in [0.2, 0.25) is 4.34 Å². The first-order chi connectivity index (χ1) is 10.1. The third-order valence-corrected chi connectivity index (χ3v) is 5.85. The highest BCUT2D eigenvalue weighted by Gasteiger charge is 2.20. The Bertz CT molecular complexity index is 722. The van der Waals surface area contributed by atoms with Crippen molar-refractivity contribution in [3.63, 3.8) is 0 Å². The second-order valence-corrected chi connectivity index (χ2v) is 7.91. The van der Waals surface area contributed by atoms with E-state index in [0.29, 0.717) is 10.2 Å². The Morgan fingerprint density at radius 1 is 1.10 bits per heavy atom. The molecule has 3 aromatic rings. The van der Waals surface area contributed by atoms with Crippen molar-refractivity contribution < 1.29 is 4.39 Å². The lowest BCUT2D eigenvalue weighted by Crippen LogP contribution is -2.11. The summed E-state index contributed by atoms with van der Waals surface area (Å²) in [5, 5.41) is 5.30. The highest BCUT2D eigenvalue weighted by molar-refractivity contribution is 9.10. The van der Waals surface area contributed by atoms with E-state index in [1.165, 1.54) is 17.4 Å². The molecule has 1 nitrogen and oxygen atoms in total. The van der Waals surface area contributed by atoms with Crippen molar-refractivity contribution in [2.75, 3.05) is 5.32 Å². The highest BCUT2D eigenvalue weighted by Crippen LogP contribution is 2.37. The monoisotopic (exact) mass is 401 g/mol. The Morgan fingerprint density at radius 2 is 1.95 bits per heavy atom. The van der Waals surface area contributed by atoms with E-state index in [2.05, 4.69) is 21.2 Å². The molecule has 3 rings (SSSR count). The van der Waals surface area contributed by atoms with E-state index >= 15 is 0 Å². The zero-order chi connectivity index (χ0) is 14.8. The molecular formula is C15H10BrClFNS2. The molecule has 0 aliphatic heterocycles. The molecule has 21 heavy (non-hydrogen) atoms. The lowest BCUT2D eigenvalue weighted by atomic mass is 10.2. The predicted molar refractivity (Wildman–Crippen MR) is 93.2 cm³/mol. The molecule has 0 aliphatic carbocycles. The van der Waals surface area contributed by atoms with Gasteiger partial charge in [0.05, 0.1) is 16.1 Å². The number of halogens is 3. The van der Waals surface area contributed by atoms with Crippen LogP contribution in [0.4, 0.5) is 10.1 Å². The molecule has 0 saturated carbocycles. The lowest BCUT2D eigenvalue weighted by molar-refractivity contribution is 0.628. The average molecular weight is 403 g/mol. The van der Waals surface area contributed by atoms with Crippen LogP contribution in [0.25, 0.3) is 0 Å². The van der Waals surface area contributed by atoms with Gasteiger partial charge in [0.15, 0.2) is 0 Å². The Hall–Kier alpha value is -0.880. The molecule has 1 atom stereocenters. The van der Waals surface area contributed by atoms with E-state index in [1.54, 1.807) is 17.4 Å². The first-order valence-electron chi connectivity index (χ1n) is 6.14. The predicted octanol–water partition coefficient (Wildman–Crippen LogP) is 6.57. The molecule has 1 aromatic carbocycles. The summed E-state index contributed by atoms with van der Waals surface area (Å²) < 4.78 is 15.5. The van der Waals surface area contributed by atoms with Gasteiger partial charge in [-0.3, -0.25) is 0 Å². The quantitative estimate of drug-likeness (QED) is 0.520. The number of thiophene rings is 2. The fraction of sp³-hybridized carbons (Fsp3) is 0.0667. The van der Waals surface area contributed by atoms with Crippen LogP contribution in [0.3, 0.4) is 0 Å². The molecule has 1 N–H and O–H groups in total. The van der Waals surface area contributed by atoms with Crippen molar-refractivity contribution in [2.45, 2.75) is 6.04 Å². The van der Waals surface area contributed by atoms with Crippen LogP contribution in [-0.4, -0.2) is 0 Å². The average Bonchev–Trinajstić information content (AvgIpc) is 3.10. The van der Waals surface area contributed by atoms with Gasteiger partial charge >= 0.3 is 0 Å². The van der Waals surface area contributed by atoms with Crippen molar-refractivity contribution in [1.82, 2.24) is 0 Å². The van der Waals surface area contributed by atoms with Gasteiger partial charge in [0.25, 0.3) is 0 Å². The number of hydrogen-bond acceptors (Lipinski definition) is 3. The maximum atomic E-state index is 14.1. The van der Waals surface area contributed by atoms with Crippen molar-refractivity contribution in [1.29, 1.82) is 0 Å². The molecule has 6 heteroatoms. The molecule has 0 bridgehead atoms. The summed E-state index contributed by atoms with van der Waals surface area (Å²) in [6.45, 7) is 0. The minimum atomic E-state index is -0.284. The van der Waals surface area contributed by atoms with E-state index < -0.39 is 0 Å². The zero-order valence-electron chi connectivity index (χ0n) is 10.6. The van der Waals surface area contributed by atoms with Crippen LogP contribution in [-0.2, 0) is 0 Å². The minimum Gasteiger partial charge on any atom is -0.369 e. The van der Waals surface area contributed by atoms with Crippen LogP contribution in [0, 0.1) is 5.82 Å². The van der Waals surface area contributed by atoms with Crippen LogP contribution >= 0.6 is 50.2 Å². The molecule has 2 aromatic heterocycles. The van der Waals surface area contributed by atoms with Gasteiger partial charge in [-0.2, -0.15) is 0 Å². The second kappa shape index (κ2) is 6.48. The molecule has 0 spiro atoms. The highest BCUT2D eigenvalue weighted by atomic mass is 79.9. The van der Waals surface area contributed by atoms with Crippen molar-refractivity contribution in [3.05, 3.63) is 72.2 Å². The number of benzene rings is 1. The number of nitrogens with one attached hydrogen (secondary N) is 1. The van der Waals surface area contributed by atoms with Gasteiger partial charge in [-0.1, -0.05) is 23.7 Å². The SMILES string of the molecule is Fc1cccc(Br)c1NC(c1cccs1)c1ccc(Cl)s1. The van der Waals surface area contributed by atoms with Gasteiger partial charge < -0.3 is 5.32 Å². The summed E-state index contributed by atoms with van der Waals surface area (Å²) in [5.74, 6) is -0.284. The number of hydrogen-bond donors (Lipinski definition) is 1. The Kier molecular flexibility index (Phi) is 4.64. The molecule has 1 unspecified atom stereocenters. The van der Waals surface area contributed by atoms with E-state index in [9.17, 15) is 4.39 Å². The first kappa shape index (κ1) is 15.0. The third kappa shape index (κ3) is 3.31. The van der Waals surface area contributed by atoms with Crippen LogP contribution < -0.4 is 5.32 Å². The standard InChI is InChI=1S/C15H10BrClFNS2/c16-9-3-1-4-10(18)14(9)19-15(11-5-2-8-20-11)12-6-7-13(17)21-12/h1-8,15,19H. The molecule has 0 saturated heterocycles. The van der Waals surface area contributed by atoms with E-state index in [0.717, 1.165) is 14.1 Å². The minimum absolute atomic E-state index is 0.115. The number of para-hydroxylation sites is 1. The van der Waals surface area contributed by atoms with Crippen LogP contribution in [0.1, 0.15) is 15.8 Å². The first-order valence-corrected chi connectivity index (χ1v) is 9.01. The summed E-state index contributed by atoms with van der Waals surface area (Å²) in [6, 6.07) is 12.7. The van der Waals surface area contributed by atoms with Gasteiger partial charge in [0, 0.05) is 14.2 Å². The summed E-state index contributed by atoms with van der Waals surface area (Å²) in [6.07, 6.45) is 0. The topological polar surface area (TPSA) is 12.0 Å². The molecule has 0 aliphatic rings. The Labute approximate surface area is 143 Å². The normalized spacial score (nSPS) is 12.3. The smallest absolute Gasteiger partial charge is 0.147 e. The van der Waals surface area contributed by atoms with E-state index in [-0.39, 0.29) is 11.9 Å². The van der Waals surface area contributed by atoms with Gasteiger partial charge in [0.2, 0.25) is 0 Å². The maximum absolute atomic E-state index is 14.1. The summed E-state index contributed by atoms with van der Waals surface area (Å²) in [4.78, 5) is 2.17. The van der Waals surface area contributed by atoms with Crippen molar-refractivity contribution in [3.8, 4) is 0 Å². The molecule has 0 radical (unpaired) electrons. The van der Waals surface area contributed by atoms with Crippen molar-refractivity contribution >= 4 is 55.9 Å². The summed E-state index contributed by atoms with van der Waals surface area (Å²) in [5.41, 5.74) is 0.459. The lowest BCUT2D eigenvalue weighted by Gasteiger charge is -2.19. The maximum Gasteiger partial charge on any atom is 0.147 e. The third-order valence-electron chi connectivity index (χ3n) is 2.96. The van der Waals surface area contributed by atoms with Crippen molar-refractivity contribution in [2.24, 2.45) is 0 Å². The van der Waals surface area contributed by atoms with Gasteiger partial charge in [-0.15, -0.1) is 22.7 Å². The largest absolute Gasteiger partial charge is 0.369 e. The molecule has 2 heterocycles. The van der Waals surface area contributed by atoms with Gasteiger partial charge in [0.1, 0.15) is 5.82 Å². The number of rotatable bonds is 4. The molecular weight excluding hydrogens is 393 g/mol. The Balaban J connectivity index is 2.01. The molecule has 0 amide bonds. The second-order valence-electron chi connectivity index (χ2n) is 4.33.